The zero-order chi connectivity index (χ0) is 74.4. The number of halogens is 4. The lowest BCUT2D eigenvalue weighted by molar-refractivity contribution is -0.182. The van der Waals surface area contributed by atoms with E-state index in [0.29, 0.717) is 58.0 Å². The number of likely N-dealkylation sites (tertiary alicyclic amines) is 1. The van der Waals surface area contributed by atoms with Gasteiger partial charge in [-0.25, -0.2) is 0 Å². The summed E-state index contributed by atoms with van der Waals surface area (Å²) in [5.74, 6) is -10.1. The molecular weight excluding hydrogens is 1330 g/mol. The number of likely N-dealkylation sites (N-methyl/N-ethyl adjacent to an activating group) is 7. The fraction of sp³-hybridized carbons (Fsp3) is 0.836. The van der Waals surface area contributed by atoms with Crippen molar-refractivity contribution in [3.63, 3.8) is 0 Å². The molecule has 101 heavy (non-hydrogen) atoms. The number of nitrogens with one attached hydrogen (secondary N) is 3. The van der Waals surface area contributed by atoms with Gasteiger partial charge in [0.2, 0.25) is 70.9 Å². The molecule has 10 atom stereocenters. The first-order chi connectivity index (χ1) is 47.6. The molecule has 3 unspecified atom stereocenters. The van der Waals surface area contributed by atoms with E-state index >= 15 is 28.8 Å². The molecule has 7 fully saturated rings. The predicted molar refractivity (Wildman–Crippen MR) is 375 cm³/mol. The minimum atomic E-state index is -4.51. The second-order valence-corrected chi connectivity index (χ2v) is 32.1. The highest BCUT2D eigenvalue weighted by Crippen LogP contribution is 2.44. The Labute approximate surface area is 601 Å². The van der Waals surface area contributed by atoms with E-state index in [1.54, 1.807) is 4.90 Å². The lowest BCUT2D eigenvalue weighted by Gasteiger charge is -2.43. The van der Waals surface area contributed by atoms with E-state index in [9.17, 15) is 41.9 Å². The lowest BCUT2D eigenvalue weighted by atomic mass is 9.78. The van der Waals surface area contributed by atoms with E-state index in [1.807, 2.05) is 27.7 Å². The van der Waals surface area contributed by atoms with Crippen molar-refractivity contribution >= 4 is 82.5 Å². The minimum Gasteiger partial charge on any atom is -0.343 e. The number of nitrogens with zero attached hydrogens (tertiary/aromatic N) is 9. The van der Waals surface area contributed by atoms with Crippen molar-refractivity contribution < 1.29 is 70.7 Å². The van der Waals surface area contributed by atoms with Crippen LogP contribution < -0.4 is 16.0 Å². The van der Waals surface area contributed by atoms with Gasteiger partial charge >= 0.3 is 6.18 Å². The van der Waals surface area contributed by atoms with Crippen LogP contribution in [0.3, 0.4) is 0 Å². The summed E-state index contributed by atoms with van der Waals surface area (Å²) in [6.45, 7) is 6.71. The van der Waals surface area contributed by atoms with Crippen molar-refractivity contribution in [3.05, 3.63) is 0 Å². The molecular formula is C73H118ClF3N12O12. The van der Waals surface area contributed by atoms with E-state index in [0.717, 1.165) is 67.6 Å². The number of fused-ring (bicyclic) bond motifs is 1. The molecule has 0 radical (unpaired) electrons. The first-order valence-electron chi connectivity index (χ1n) is 37.6. The highest BCUT2D eigenvalue weighted by atomic mass is 35.5. The molecule has 12 amide bonds. The molecule has 24 nitrogen and oxygen atoms in total. The zero-order valence-electron chi connectivity index (χ0n) is 62.1. The zero-order valence-corrected chi connectivity index (χ0v) is 62.8. The molecule has 0 aromatic heterocycles. The van der Waals surface area contributed by atoms with Gasteiger partial charge in [0, 0.05) is 74.3 Å². The second kappa shape index (κ2) is 36.9. The number of amides is 12. The van der Waals surface area contributed by atoms with E-state index < -0.39 is 168 Å². The Morgan fingerprint density at radius 2 is 1.12 bits per heavy atom. The number of hydrogen-bond donors (Lipinski definition) is 3. The normalized spacial score (nSPS) is 29.7. The van der Waals surface area contributed by atoms with E-state index in [4.69, 9.17) is 11.6 Å². The van der Waals surface area contributed by atoms with Crippen LogP contribution in [-0.4, -0.2) is 263 Å². The quantitative estimate of drug-likeness (QED) is 0.188. The average molecular weight is 1450 g/mol. The van der Waals surface area contributed by atoms with Crippen molar-refractivity contribution in [2.24, 2.45) is 35.5 Å². The van der Waals surface area contributed by atoms with Crippen molar-refractivity contribution in [1.82, 2.24) is 60.0 Å². The maximum atomic E-state index is 15.8. The standard InChI is InChI=1S/C73H118ClF3N12O12/c1-46(2)38-54-66(96)83(7)44-61(92)81(5)45-62(93)85(9)57(41-48-24-15-12-16-25-48)68(98)82(6)43-59(90)78-53(32-30-49-29-31-51(52(74)40-49)73(75,76)77)67(97)89-37-23-28-55(89)65(95)80-72(33-19-20-34-72)71(101)87(11)63(50-26-17-13-18-27-50)70(100)86(10)58(69(99)88-35-21-14-22-36-88)42-60(91)84(8)56(39-47(3)4)64(94)79-54/h46-58,63H,12-45H2,1-11H3,(H,78,90)(H,79,94)(H,80,95)/t49?,51?,52?,53-,54-,55-,56-,57-,58-,63-/m0/s1. The minimum absolute atomic E-state index is 0.00317. The summed E-state index contributed by atoms with van der Waals surface area (Å²) in [6, 6.07) is -8.50. The summed E-state index contributed by atoms with van der Waals surface area (Å²) in [5.41, 5.74) is -1.55. The van der Waals surface area contributed by atoms with Crippen LogP contribution in [-0.2, 0) is 57.5 Å². The van der Waals surface area contributed by atoms with Gasteiger partial charge in [0.15, 0.2) is 0 Å². The fourth-order valence-electron chi connectivity index (χ4n) is 16.9. The second-order valence-electron chi connectivity index (χ2n) is 31.6. The summed E-state index contributed by atoms with van der Waals surface area (Å²) in [5, 5.41) is 7.63. The third-order valence-corrected chi connectivity index (χ3v) is 23.5. The van der Waals surface area contributed by atoms with Crippen LogP contribution >= 0.6 is 11.6 Å². The van der Waals surface area contributed by atoms with Crippen LogP contribution in [0.15, 0.2) is 0 Å². The summed E-state index contributed by atoms with van der Waals surface area (Å²) >= 11 is 6.41. The van der Waals surface area contributed by atoms with Crippen molar-refractivity contribution in [1.29, 1.82) is 0 Å². The average Bonchev–Trinajstić information content (AvgIpc) is 1.77. The van der Waals surface area contributed by atoms with Crippen LogP contribution in [0.25, 0.3) is 0 Å². The van der Waals surface area contributed by atoms with Crippen molar-refractivity contribution in [2.75, 3.05) is 88.6 Å². The number of carbonyl (C=O) groups excluding carboxylic acids is 12. The van der Waals surface area contributed by atoms with Crippen LogP contribution in [0.4, 0.5) is 13.2 Å². The molecule has 570 valence electrons. The SMILES string of the molecule is CC(C)C[C@@H]1NC(=O)[C@H](CC(C)C)N(C)C(=O)C[C@@H](C(=O)N2CCCCC2)N(C)C(=O)[C@H](C2CCCCC2)N(C)C(=O)C2(CCCC2)NC(=O)[C@@H]2CCCN2C(=O)[C@H](CCC2CCC(C(F)(F)F)C(Cl)C2)NC(=O)CN(C)C(=O)[C@H](CC2CCCCC2)N(C)C(=O)CN(C)C(=O)CN(C)C1=O. The van der Waals surface area contributed by atoms with Gasteiger partial charge < -0.3 is 60.0 Å². The molecule has 0 aromatic rings. The maximum Gasteiger partial charge on any atom is 0.393 e. The Morgan fingerprint density at radius 3 is 1.72 bits per heavy atom. The molecule has 1 spiro atoms. The Morgan fingerprint density at radius 1 is 0.535 bits per heavy atom. The monoisotopic (exact) mass is 1450 g/mol. The molecule has 4 aliphatic carbocycles. The van der Waals surface area contributed by atoms with Crippen LogP contribution in [0.1, 0.15) is 207 Å². The van der Waals surface area contributed by atoms with Crippen LogP contribution in [0, 0.1) is 35.5 Å². The largest absolute Gasteiger partial charge is 0.393 e. The Kier molecular flexibility index (Phi) is 30.0. The molecule has 7 rings (SSSR count). The van der Waals surface area contributed by atoms with Gasteiger partial charge in [-0.1, -0.05) is 91.9 Å². The Bertz CT molecular complexity index is 2920. The Hall–Kier alpha value is -6.28. The van der Waals surface area contributed by atoms with Crippen LogP contribution in [0.2, 0.25) is 0 Å². The first kappa shape index (κ1) is 82.0. The molecule has 0 aromatic carbocycles. The van der Waals surface area contributed by atoms with Gasteiger partial charge in [-0.05, 0) is 139 Å². The third-order valence-electron chi connectivity index (χ3n) is 23.0. The molecule has 3 saturated heterocycles. The van der Waals surface area contributed by atoms with Gasteiger partial charge in [0.25, 0.3) is 0 Å². The molecule has 4 saturated carbocycles. The van der Waals surface area contributed by atoms with Gasteiger partial charge in [-0.2, -0.15) is 13.2 Å². The van der Waals surface area contributed by atoms with Gasteiger partial charge in [0.1, 0.15) is 47.8 Å². The molecule has 3 heterocycles. The number of carbonyl (C=O) groups is 12. The Balaban J connectivity index is 1.27. The highest BCUT2D eigenvalue weighted by molar-refractivity contribution is 6.21. The van der Waals surface area contributed by atoms with E-state index in [-0.39, 0.29) is 101 Å². The number of alkyl halides is 4. The summed E-state index contributed by atoms with van der Waals surface area (Å²) in [4.78, 5) is 191. The number of rotatable bonds is 11. The smallest absolute Gasteiger partial charge is 0.343 e. The van der Waals surface area contributed by atoms with E-state index in [2.05, 4.69) is 16.0 Å². The molecule has 3 N–H and O–H groups in total. The summed E-state index contributed by atoms with van der Waals surface area (Å²) in [7, 11) is 10.1. The van der Waals surface area contributed by atoms with E-state index in [1.165, 1.54) is 78.7 Å². The molecule has 7 aliphatic rings. The van der Waals surface area contributed by atoms with Crippen molar-refractivity contribution in [3.8, 4) is 0 Å². The van der Waals surface area contributed by atoms with Gasteiger partial charge in [-0.3, -0.25) is 57.5 Å². The van der Waals surface area contributed by atoms with Crippen LogP contribution in [0.5, 0.6) is 0 Å². The molecule has 3 aliphatic heterocycles. The summed E-state index contributed by atoms with van der Waals surface area (Å²) < 4.78 is 42.1. The molecule has 28 heteroatoms. The van der Waals surface area contributed by atoms with Crippen molar-refractivity contribution in [2.45, 2.75) is 267 Å². The number of piperidine rings is 1. The lowest BCUT2D eigenvalue weighted by Crippen LogP contribution is -2.65. The van der Waals surface area contributed by atoms with Gasteiger partial charge in [-0.15, -0.1) is 11.6 Å². The first-order valence-corrected chi connectivity index (χ1v) is 38.1. The third kappa shape index (κ3) is 21.4. The molecule has 0 bridgehead atoms. The predicted octanol–water partition coefficient (Wildman–Crippen LogP) is 6.48. The number of hydrogen-bond acceptors (Lipinski definition) is 12. The van der Waals surface area contributed by atoms with Gasteiger partial charge in [0.05, 0.1) is 32.0 Å². The topological polar surface area (TPSA) is 270 Å². The fourth-order valence-corrected chi connectivity index (χ4v) is 17.4. The highest BCUT2D eigenvalue weighted by Gasteiger charge is 2.52. The maximum absolute atomic E-state index is 15.8. The summed E-state index contributed by atoms with van der Waals surface area (Å²) in [6.07, 6.45) is 7.71.